The van der Waals surface area contributed by atoms with E-state index in [-0.39, 0.29) is 23.2 Å². The maximum absolute atomic E-state index is 12.3. The summed E-state index contributed by atoms with van der Waals surface area (Å²) in [5, 5.41) is 14.4. The zero-order valence-electron chi connectivity index (χ0n) is 14.7. The molecule has 1 aliphatic rings. The van der Waals surface area contributed by atoms with Crippen molar-refractivity contribution < 1.29 is 14.4 Å². The second-order valence-electron chi connectivity index (χ2n) is 5.98. The molecule has 0 aromatic heterocycles. The normalized spacial score (nSPS) is 16.0. The monoisotopic (exact) mass is 392 g/mol. The molecule has 0 aliphatic carbocycles. The number of anilines is 1. The number of nitrogens with zero attached hydrogens (tertiary/aromatic N) is 2. The summed E-state index contributed by atoms with van der Waals surface area (Å²) in [5.74, 6) is -2.26. The van der Waals surface area contributed by atoms with Crippen molar-refractivity contribution in [2.75, 3.05) is 11.1 Å². The summed E-state index contributed by atoms with van der Waals surface area (Å²) in [6.07, 6.45) is 0.276. The van der Waals surface area contributed by atoms with Gasteiger partial charge in [0.05, 0.1) is 17.0 Å². The van der Waals surface area contributed by atoms with Crippen molar-refractivity contribution in [2.24, 2.45) is 10.9 Å². The van der Waals surface area contributed by atoms with Crippen LogP contribution in [0.15, 0.2) is 59.6 Å². The predicted molar refractivity (Wildman–Crippen MR) is 106 cm³/mol. The van der Waals surface area contributed by atoms with Gasteiger partial charge in [0.15, 0.2) is 5.17 Å². The molecule has 8 heteroatoms. The van der Waals surface area contributed by atoms with Crippen LogP contribution in [0.3, 0.4) is 0 Å². The number of nitrogens with one attached hydrogen (secondary N) is 2. The van der Waals surface area contributed by atoms with Gasteiger partial charge in [-0.2, -0.15) is 10.3 Å². The molecule has 2 aromatic carbocycles. The fraction of sp³-hybridized carbons (Fsp3) is 0.150. The molecular weight excluding hydrogens is 376 g/mol. The minimum Gasteiger partial charge on any atom is -0.324 e. The number of amidine groups is 1. The van der Waals surface area contributed by atoms with Crippen molar-refractivity contribution in [3.8, 4) is 6.07 Å². The highest BCUT2D eigenvalue weighted by atomic mass is 32.2. The number of hydrogen-bond acceptors (Lipinski definition) is 5. The largest absolute Gasteiger partial charge is 0.324 e. The molecule has 1 heterocycles. The van der Waals surface area contributed by atoms with Crippen LogP contribution in [0.25, 0.3) is 0 Å². The Morgan fingerprint density at radius 1 is 1.14 bits per heavy atom. The second kappa shape index (κ2) is 8.97. The van der Waals surface area contributed by atoms with E-state index in [9.17, 15) is 14.4 Å². The molecule has 28 heavy (non-hydrogen) atoms. The van der Waals surface area contributed by atoms with Crippen LogP contribution >= 0.6 is 11.8 Å². The summed E-state index contributed by atoms with van der Waals surface area (Å²) >= 11 is 0.956. The number of aliphatic imine (C=N–C) groups is 1. The van der Waals surface area contributed by atoms with Crippen molar-refractivity contribution in [1.82, 2.24) is 5.32 Å². The first-order valence-corrected chi connectivity index (χ1v) is 9.44. The molecule has 1 aliphatic heterocycles. The van der Waals surface area contributed by atoms with E-state index in [2.05, 4.69) is 15.6 Å². The van der Waals surface area contributed by atoms with Crippen molar-refractivity contribution in [3.05, 3.63) is 65.7 Å². The molecule has 140 valence electrons. The van der Waals surface area contributed by atoms with Crippen molar-refractivity contribution in [1.29, 1.82) is 5.26 Å². The lowest BCUT2D eigenvalue weighted by molar-refractivity contribution is -0.133. The van der Waals surface area contributed by atoms with E-state index >= 15 is 0 Å². The number of carbonyl (C=O) groups is 3. The van der Waals surface area contributed by atoms with Gasteiger partial charge in [0.2, 0.25) is 11.8 Å². The van der Waals surface area contributed by atoms with Gasteiger partial charge < -0.3 is 10.6 Å². The number of carbonyl (C=O) groups excluding carboxylic acids is 3. The number of para-hydroxylation sites is 1. The molecule has 1 atom stereocenters. The van der Waals surface area contributed by atoms with Crippen LogP contribution in [0.5, 0.6) is 0 Å². The average Bonchev–Trinajstić information content (AvgIpc) is 2.70. The van der Waals surface area contributed by atoms with Gasteiger partial charge in [-0.25, -0.2) is 0 Å². The van der Waals surface area contributed by atoms with E-state index in [1.807, 2.05) is 36.4 Å². The van der Waals surface area contributed by atoms with Gasteiger partial charge in [0.1, 0.15) is 12.0 Å². The highest BCUT2D eigenvalue weighted by Gasteiger charge is 2.32. The number of benzene rings is 2. The van der Waals surface area contributed by atoms with Gasteiger partial charge in [-0.15, -0.1) is 0 Å². The molecule has 0 spiro atoms. The molecule has 3 rings (SSSR count). The van der Waals surface area contributed by atoms with E-state index in [4.69, 9.17) is 5.26 Å². The molecule has 7 nitrogen and oxygen atoms in total. The highest BCUT2D eigenvalue weighted by Crippen LogP contribution is 2.18. The van der Waals surface area contributed by atoms with E-state index in [0.717, 1.165) is 17.3 Å². The molecule has 0 bridgehead atoms. The van der Waals surface area contributed by atoms with E-state index in [0.29, 0.717) is 11.3 Å². The summed E-state index contributed by atoms with van der Waals surface area (Å²) in [6, 6.07) is 17.9. The van der Waals surface area contributed by atoms with Crippen LogP contribution in [0.1, 0.15) is 11.1 Å². The standard InChI is InChI=1S/C20H16N4O3S/c21-11-14-8-4-5-9-16(14)22-17(25)12-28-20-23-18(26)15(19(27)24-20)10-13-6-2-1-3-7-13/h1-9,15H,10,12H2,(H,22,25)(H,23,24,26,27). The Bertz CT molecular complexity index is 982. The van der Waals surface area contributed by atoms with Gasteiger partial charge in [0, 0.05) is 0 Å². The summed E-state index contributed by atoms with van der Waals surface area (Å²) in [5.41, 5.74) is 1.63. The van der Waals surface area contributed by atoms with Crippen molar-refractivity contribution in [2.45, 2.75) is 6.42 Å². The van der Waals surface area contributed by atoms with Gasteiger partial charge in [0.25, 0.3) is 5.91 Å². The summed E-state index contributed by atoms with van der Waals surface area (Å²) < 4.78 is 0. The Morgan fingerprint density at radius 3 is 2.57 bits per heavy atom. The molecule has 0 radical (unpaired) electrons. The van der Waals surface area contributed by atoms with Crippen LogP contribution < -0.4 is 10.6 Å². The maximum atomic E-state index is 12.3. The van der Waals surface area contributed by atoms with Crippen LogP contribution in [-0.2, 0) is 20.8 Å². The molecule has 2 aromatic rings. The fourth-order valence-electron chi connectivity index (χ4n) is 2.62. The lowest BCUT2D eigenvalue weighted by Gasteiger charge is -2.19. The molecular formula is C20H16N4O3S. The van der Waals surface area contributed by atoms with E-state index in [1.54, 1.807) is 24.3 Å². The first-order valence-electron chi connectivity index (χ1n) is 8.46. The third kappa shape index (κ3) is 4.84. The molecule has 0 saturated carbocycles. The Hall–Kier alpha value is -3.44. The van der Waals surface area contributed by atoms with Gasteiger partial charge >= 0.3 is 0 Å². The number of hydrogen-bond donors (Lipinski definition) is 2. The Kier molecular flexibility index (Phi) is 6.19. The third-order valence-electron chi connectivity index (χ3n) is 4.00. The fourth-order valence-corrected chi connectivity index (χ4v) is 3.29. The van der Waals surface area contributed by atoms with Crippen LogP contribution in [0, 0.1) is 17.2 Å². The number of nitriles is 1. The minimum atomic E-state index is -0.872. The van der Waals surface area contributed by atoms with E-state index in [1.165, 1.54) is 0 Å². The average molecular weight is 392 g/mol. The minimum absolute atomic E-state index is 0.0600. The SMILES string of the molecule is N#Cc1ccccc1NC(=O)CSC1=NC(=O)[C@@H](Cc2ccccc2)C(=O)N1. The summed E-state index contributed by atoms with van der Waals surface area (Å²) in [6.45, 7) is 0. The quantitative estimate of drug-likeness (QED) is 0.757. The van der Waals surface area contributed by atoms with Gasteiger partial charge in [-0.1, -0.05) is 54.2 Å². The molecule has 0 saturated heterocycles. The molecule has 0 unspecified atom stereocenters. The Morgan fingerprint density at radius 2 is 1.86 bits per heavy atom. The zero-order valence-corrected chi connectivity index (χ0v) is 15.5. The molecule has 3 amide bonds. The zero-order chi connectivity index (χ0) is 19.9. The summed E-state index contributed by atoms with van der Waals surface area (Å²) in [4.78, 5) is 40.5. The number of amides is 3. The topological polar surface area (TPSA) is 111 Å². The molecule has 2 N–H and O–H groups in total. The molecule has 0 fully saturated rings. The predicted octanol–water partition coefficient (Wildman–Crippen LogP) is 2.10. The third-order valence-corrected chi connectivity index (χ3v) is 4.87. The Labute approximate surface area is 165 Å². The summed E-state index contributed by atoms with van der Waals surface area (Å²) in [7, 11) is 0. The Balaban J connectivity index is 1.57. The lowest BCUT2D eigenvalue weighted by atomic mass is 9.97. The van der Waals surface area contributed by atoms with E-state index < -0.39 is 17.7 Å². The highest BCUT2D eigenvalue weighted by molar-refractivity contribution is 8.14. The number of thioether (sulfide) groups is 1. The van der Waals surface area contributed by atoms with Gasteiger partial charge in [-0.3, -0.25) is 14.4 Å². The van der Waals surface area contributed by atoms with Crippen LogP contribution in [0.2, 0.25) is 0 Å². The van der Waals surface area contributed by atoms with Gasteiger partial charge in [-0.05, 0) is 24.1 Å². The smallest absolute Gasteiger partial charge is 0.261 e. The van der Waals surface area contributed by atoms with Crippen LogP contribution in [0.4, 0.5) is 5.69 Å². The first kappa shape index (κ1) is 19.3. The number of rotatable bonds is 5. The second-order valence-corrected chi connectivity index (χ2v) is 6.95. The van der Waals surface area contributed by atoms with Crippen molar-refractivity contribution >= 4 is 40.3 Å². The lowest BCUT2D eigenvalue weighted by Crippen LogP contribution is -2.44. The van der Waals surface area contributed by atoms with Crippen LogP contribution in [-0.4, -0.2) is 28.6 Å². The maximum Gasteiger partial charge on any atom is 0.261 e. The van der Waals surface area contributed by atoms with Crippen molar-refractivity contribution in [3.63, 3.8) is 0 Å². The first-order chi connectivity index (χ1) is 13.6.